The monoisotopic (exact) mass is 314 g/mol. The molecule has 4 heterocycles. The Kier molecular flexibility index (Phi) is 3.49. The SMILES string of the molecule is O=C(c1cnc[nH]1)N1CC[C@]2(C[C@@H](Oc3cccnc3)CO2)C1. The number of H-pyrrole nitrogens is 1. The molecule has 0 unspecified atom stereocenters. The Morgan fingerprint density at radius 1 is 1.43 bits per heavy atom. The van der Waals surface area contributed by atoms with Crippen molar-refractivity contribution in [2.24, 2.45) is 0 Å². The maximum Gasteiger partial charge on any atom is 0.272 e. The molecule has 1 spiro atoms. The smallest absolute Gasteiger partial charge is 0.272 e. The first-order valence-electron chi connectivity index (χ1n) is 7.72. The van der Waals surface area contributed by atoms with Gasteiger partial charge < -0.3 is 19.4 Å². The summed E-state index contributed by atoms with van der Waals surface area (Å²) in [5.74, 6) is 0.723. The van der Waals surface area contributed by atoms with E-state index in [1.54, 1.807) is 18.6 Å². The van der Waals surface area contributed by atoms with Gasteiger partial charge in [0.15, 0.2) is 0 Å². The molecule has 0 aromatic carbocycles. The van der Waals surface area contributed by atoms with Crippen LogP contribution in [0.25, 0.3) is 0 Å². The van der Waals surface area contributed by atoms with Gasteiger partial charge in [-0.15, -0.1) is 0 Å². The molecule has 2 fully saturated rings. The summed E-state index contributed by atoms with van der Waals surface area (Å²) in [4.78, 5) is 25.0. The van der Waals surface area contributed by atoms with Gasteiger partial charge in [0, 0.05) is 19.2 Å². The molecule has 1 amide bonds. The van der Waals surface area contributed by atoms with Gasteiger partial charge in [-0.2, -0.15) is 0 Å². The van der Waals surface area contributed by atoms with E-state index in [1.165, 1.54) is 6.33 Å². The lowest BCUT2D eigenvalue weighted by atomic mass is 9.98. The van der Waals surface area contributed by atoms with Crippen LogP contribution in [0, 0.1) is 0 Å². The number of carbonyl (C=O) groups excluding carboxylic acids is 1. The van der Waals surface area contributed by atoms with Crippen LogP contribution in [0.3, 0.4) is 0 Å². The van der Waals surface area contributed by atoms with E-state index in [0.29, 0.717) is 25.4 Å². The number of hydrogen-bond donors (Lipinski definition) is 1. The average Bonchev–Trinajstić information content (AvgIpc) is 3.31. The molecule has 0 bridgehead atoms. The molecule has 7 nitrogen and oxygen atoms in total. The standard InChI is InChI=1S/C16H18N4O3/c21-15(14-8-18-11-19-14)20-5-3-16(10-20)6-13(9-22-16)23-12-2-1-4-17-7-12/h1-2,4,7-8,11,13H,3,5-6,9-10H2,(H,18,19)/t13-,16+/m1/s1. The third-order valence-electron chi connectivity index (χ3n) is 4.44. The van der Waals surface area contributed by atoms with Crippen molar-refractivity contribution in [2.45, 2.75) is 24.5 Å². The van der Waals surface area contributed by atoms with E-state index in [0.717, 1.165) is 18.6 Å². The number of aromatic nitrogens is 3. The molecule has 23 heavy (non-hydrogen) atoms. The highest BCUT2D eigenvalue weighted by atomic mass is 16.6. The Hall–Kier alpha value is -2.41. The minimum atomic E-state index is -0.289. The molecule has 2 aromatic rings. The third-order valence-corrected chi connectivity index (χ3v) is 4.44. The van der Waals surface area contributed by atoms with Crippen LogP contribution in [0.5, 0.6) is 5.75 Å². The van der Waals surface area contributed by atoms with Crippen molar-refractivity contribution in [3.05, 3.63) is 42.7 Å². The van der Waals surface area contributed by atoms with E-state index in [9.17, 15) is 4.79 Å². The zero-order valence-corrected chi connectivity index (χ0v) is 12.6. The second kappa shape index (κ2) is 5.66. The number of amides is 1. The summed E-state index contributed by atoms with van der Waals surface area (Å²) < 4.78 is 11.9. The fourth-order valence-electron chi connectivity index (χ4n) is 3.33. The van der Waals surface area contributed by atoms with Crippen molar-refractivity contribution in [1.82, 2.24) is 19.9 Å². The van der Waals surface area contributed by atoms with Crippen molar-refractivity contribution in [3.8, 4) is 5.75 Å². The van der Waals surface area contributed by atoms with E-state index in [1.807, 2.05) is 17.0 Å². The molecule has 0 saturated carbocycles. The van der Waals surface area contributed by atoms with Gasteiger partial charge in [-0.1, -0.05) is 0 Å². The first-order chi connectivity index (χ1) is 11.2. The molecule has 2 atom stereocenters. The summed E-state index contributed by atoms with van der Waals surface area (Å²) in [6.07, 6.45) is 8.11. The first-order valence-corrected chi connectivity index (χ1v) is 7.72. The van der Waals surface area contributed by atoms with Gasteiger partial charge in [-0.3, -0.25) is 9.78 Å². The summed E-state index contributed by atoms with van der Waals surface area (Å²) in [5.41, 5.74) is 0.228. The topological polar surface area (TPSA) is 80.3 Å². The van der Waals surface area contributed by atoms with Gasteiger partial charge in [0.2, 0.25) is 0 Å². The van der Waals surface area contributed by atoms with Gasteiger partial charge in [0.25, 0.3) is 5.91 Å². The van der Waals surface area contributed by atoms with Crippen LogP contribution in [0.15, 0.2) is 37.1 Å². The number of rotatable bonds is 3. The second-order valence-corrected chi connectivity index (χ2v) is 6.07. The maximum atomic E-state index is 12.4. The van der Waals surface area contributed by atoms with Crippen LogP contribution < -0.4 is 4.74 Å². The predicted molar refractivity (Wildman–Crippen MR) is 81.1 cm³/mol. The molecule has 2 aliphatic heterocycles. The fourth-order valence-corrected chi connectivity index (χ4v) is 3.33. The predicted octanol–water partition coefficient (Wildman–Crippen LogP) is 1.26. The molecular formula is C16H18N4O3. The molecule has 0 radical (unpaired) electrons. The van der Waals surface area contributed by atoms with E-state index in [2.05, 4.69) is 15.0 Å². The van der Waals surface area contributed by atoms with Crippen molar-refractivity contribution in [2.75, 3.05) is 19.7 Å². The van der Waals surface area contributed by atoms with Crippen molar-refractivity contribution < 1.29 is 14.3 Å². The Morgan fingerprint density at radius 3 is 3.17 bits per heavy atom. The number of imidazole rings is 1. The Labute approximate surface area is 133 Å². The lowest BCUT2D eigenvalue weighted by molar-refractivity contribution is 0.00989. The van der Waals surface area contributed by atoms with Crippen molar-refractivity contribution in [1.29, 1.82) is 0 Å². The summed E-state index contributed by atoms with van der Waals surface area (Å²) in [6.45, 7) is 1.83. The number of likely N-dealkylation sites (tertiary alicyclic amines) is 1. The zero-order valence-electron chi connectivity index (χ0n) is 12.6. The molecule has 0 aliphatic carbocycles. The molecule has 2 aromatic heterocycles. The highest BCUT2D eigenvalue weighted by Gasteiger charge is 2.47. The molecule has 2 aliphatic rings. The highest BCUT2D eigenvalue weighted by molar-refractivity contribution is 5.92. The van der Waals surface area contributed by atoms with Crippen LogP contribution in [0.4, 0.5) is 0 Å². The molecule has 120 valence electrons. The summed E-state index contributed by atoms with van der Waals surface area (Å²) in [6, 6.07) is 3.74. The third kappa shape index (κ3) is 2.79. The number of pyridine rings is 1. The van der Waals surface area contributed by atoms with Crippen molar-refractivity contribution >= 4 is 5.91 Å². The highest BCUT2D eigenvalue weighted by Crippen LogP contribution is 2.36. The summed E-state index contributed by atoms with van der Waals surface area (Å²) in [5, 5.41) is 0. The number of aromatic amines is 1. The number of carbonyl (C=O) groups is 1. The summed E-state index contributed by atoms with van der Waals surface area (Å²) >= 11 is 0. The van der Waals surface area contributed by atoms with Gasteiger partial charge in [0.05, 0.1) is 37.5 Å². The number of nitrogens with zero attached hydrogens (tertiary/aromatic N) is 3. The quantitative estimate of drug-likeness (QED) is 0.922. The summed E-state index contributed by atoms with van der Waals surface area (Å²) in [7, 11) is 0. The van der Waals surface area contributed by atoms with Gasteiger partial charge in [0.1, 0.15) is 17.5 Å². The largest absolute Gasteiger partial charge is 0.486 e. The second-order valence-electron chi connectivity index (χ2n) is 6.07. The van der Waals surface area contributed by atoms with E-state index < -0.39 is 0 Å². The Balaban J connectivity index is 1.38. The minimum Gasteiger partial charge on any atom is -0.486 e. The Bertz CT molecular complexity index is 676. The van der Waals surface area contributed by atoms with Crippen LogP contribution in [-0.2, 0) is 4.74 Å². The van der Waals surface area contributed by atoms with Crippen LogP contribution in [-0.4, -0.2) is 57.2 Å². The van der Waals surface area contributed by atoms with Gasteiger partial charge in [-0.25, -0.2) is 4.98 Å². The fraction of sp³-hybridized carbons (Fsp3) is 0.438. The number of ether oxygens (including phenoxy) is 2. The normalized spacial score (nSPS) is 26.8. The number of hydrogen-bond acceptors (Lipinski definition) is 5. The molecule has 1 N–H and O–H groups in total. The lowest BCUT2D eigenvalue weighted by Gasteiger charge is -2.23. The zero-order chi connectivity index (χ0) is 15.7. The van der Waals surface area contributed by atoms with Crippen LogP contribution >= 0.6 is 0 Å². The first kappa shape index (κ1) is 14.2. The minimum absolute atomic E-state index is 0.00130. The molecule has 2 saturated heterocycles. The van der Waals surface area contributed by atoms with Crippen molar-refractivity contribution in [3.63, 3.8) is 0 Å². The van der Waals surface area contributed by atoms with Gasteiger partial charge in [-0.05, 0) is 18.6 Å². The van der Waals surface area contributed by atoms with Crippen LogP contribution in [0.1, 0.15) is 23.3 Å². The van der Waals surface area contributed by atoms with E-state index in [-0.39, 0.29) is 17.6 Å². The maximum absolute atomic E-state index is 12.4. The van der Waals surface area contributed by atoms with E-state index >= 15 is 0 Å². The lowest BCUT2D eigenvalue weighted by Crippen LogP contribution is -2.36. The molecular weight excluding hydrogens is 296 g/mol. The Morgan fingerprint density at radius 2 is 2.39 bits per heavy atom. The molecule has 4 rings (SSSR count). The average molecular weight is 314 g/mol. The molecule has 7 heteroatoms. The van der Waals surface area contributed by atoms with Gasteiger partial charge >= 0.3 is 0 Å². The van der Waals surface area contributed by atoms with Crippen LogP contribution in [0.2, 0.25) is 0 Å². The van der Waals surface area contributed by atoms with E-state index in [4.69, 9.17) is 9.47 Å². The number of nitrogens with one attached hydrogen (secondary N) is 1.